The summed E-state index contributed by atoms with van der Waals surface area (Å²) >= 11 is 0. The van der Waals surface area contributed by atoms with Crippen LogP contribution in [-0.4, -0.2) is 60.1 Å². The summed E-state index contributed by atoms with van der Waals surface area (Å²) in [6, 6.07) is 9.38. The lowest BCUT2D eigenvalue weighted by Gasteiger charge is -2.41. The molecule has 1 saturated carbocycles. The van der Waals surface area contributed by atoms with Crippen LogP contribution in [0.15, 0.2) is 61.2 Å². The Bertz CT molecular complexity index is 996. The molecule has 0 bridgehead atoms. The molecular weight excluding hydrogens is 452 g/mol. The van der Waals surface area contributed by atoms with Gasteiger partial charge in [0.05, 0.1) is 6.42 Å². The second-order valence-electron chi connectivity index (χ2n) is 9.60. The highest BCUT2D eigenvalue weighted by Gasteiger charge is 2.65. The molecule has 1 aromatic rings. The van der Waals surface area contributed by atoms with Gasteiger partial charge in [-0.05, 0) is 39.3 Å². The average molecular weight is 485 g/mol. The Balaban J connectivity index is 1.61. The van der Waals surface area contributed by atoms with Crippen molar-refractivity contribution in [3.05, 3.63) is 66.8 Å². The molecule has 0 amide bonds. The van der Waals surface area contributed by atoms with Crippen LogP contribution in [-0.2, 0) is 38.0 Å². The van der Waals surface area contributed by atoms with Crippen molar-refractivity contribution in [2.75, 3.05) is 0 Å². The zero-order chi connectivity index (χ0) is 25.2. The second kappa shape index (κ2) is 10.1. The number of hydrogen-bond donors (Lipinski definition) is 0. The molecule has 2 aliphatic heterocycles. The summed E-state index contributed by atoms with van der Waals surface area (Å²) in [5.74, 6) is -3.01. The average Bonchev–Trinajstić information content (AvgIpc) is 3.30. The van der Waals surface area contributed by atoms with Crippen molar-refractivity contribution in [3.8, 4) is 0 Å². The summed E-state index contributed by atoms with van der Waals surface area (Å²) in [4.78, 5) is 25.5. The third-order valence-corrected chi connectivity index (χ3v) is 5.91. The molecule has 1 aromatic carbocycles. The van der Waals surface area contributed by atoms with E-state index in [0.717, 1.165) is 5.56 Å². The molecule has 2 heterocycles. The van der Waals surface area contributed by atoms with Crippen molar-refractivity contribution in [1.82, 2.24) is 0 Å². The van der Waals surface area contributed by atoms with E-state index >= 15 is 0 Å². The molecule has 35 heavy (non-hydrogen) atoms. The van der Waals surface area contributed by atoms with Crippen LogP contribution in [0.1, 0.15) is 39.7 Å². The summed E-state index contributed by atoms with van der Waals surface area (Å²) in [5, 5.41) is 0. The number of ether oxygens (including phenoxy) is 6. The first-order valence-corrected chi connectivity index (χ1v) is 11.7. The molecule has 4 rings (SSSR count). The zero-order valence-corrected chi connectivity index (χ0v) is 20.4. The summed E-state index contributed by atoms with van der Waals surface area (Å²) in [5.41, 5.74) is 0.846. The third-order valence-electron chi connectivity index (χ3n) is 5.91. The Labute approximate surface area is 205 Å². The van der Waals surface area contributed by atoms with Crippen LogP contribution in [0.3, 0.4) is 0 Å². The van der Waals surface area contributed by atoms with Crippen molar-refractivity contribution in [2.45, 2.75) is 82.3 Å². The van der Waals surface area contributed by atoms with Crippen LogP contribution < -0.4 is 0 Å². The molecule has 0 unspecified atom stereocenters. The molecule has 3 aliphatic rings. The lowest BCUT2D eigenvalue weighted by atomic mass is 9.84. The first kappa shape index (κ1) is 25.3. The number of allylic oxidation sites excluding steroid dienone is 2. The van der Waals surface area contributed by atoms with E-state index in [1.807, 2.05) is 30.3 Å². The van der Waals surface area contributed by atoms with Crippen LogP contribution in [0.2, 0.25) is 0 Å². The lowest BCUT2D eigenvalue weighted by molar-refractivity contribution is -0.208. The van der Waals surface area contributed by atoms with E-state index in [2.05, 4.69) is 6.58 Å². The minimum absolute atomic E-state index is 0.0235. The maximum atomic E-state index is 12.9. The number of hydrogen-bond acceptors (Lipinski definition) is 8. The Kier molecular flexibility index (Phi) is 7.28. The number of carbonyl (C=O) groups is 2. The summed E-state index contributed by atoms with van der Waals surface area (Å²) < 4.78 is 36.2. The number of fused-ring (bicyclic) bond motifs is 3. The maximum absolute atomic E-state index is 12.9. The van der Waals surface area contributed by atoms with Gasteiger partial charge in [-0.2, -0.15) is 0 Å². The predicted molar refractivity (Wildman–Crippen MR) is 127 cm³/mol. The fourth-order valence-corrected chi connectivity index (χ4v) is 4.66. The minimum Gasteiger partial charge on any atom is -0.455 e. The molecule has 1 aliphatic carbocycles. The van der Waals surface area contributed by atoms with Crippen molar-refractivity contribution >= 4 is 18.0 Å². The Morgan fingerprint density at radius 1 is 0.886 bits per heavy atom. The van der Waals surface area contributed by atoms with Gasteiger partial charge in [0.15, 0.2) is 23.8 Å². The Morgan fingerprint density at radius 2 is 1.43 bits per heavy atom. The first-order chi connectivity index (χ1) is 16.6. The van der Waals surface area contributed by atoms with Crippen LogP contribution in [0.4, 0.5) is 0 Å². The molecule has 0 N–H and O–H groups in total. The summed E-state index contributed by atoms with van der Waals surface area (Å²) in [6.45, 7) is 10.7. The molecule has 0 radical (unpaired) electrons. The number of carbonyl (C=O) groups excluding carboxylic acids is 2. The van der Waals surface area contributed by atoms with E-state index in [1.54, 1.807) is 52.0 Å². The third kappa shape index (κ3) is 5.90. The van der Waals surface area contributed by atoms with Gasteiger partial charge in [-0.25, -0.2) is 4.79 Å². The minimum atomic E-state index is -0.971. The highest BCUT2D eigenvalue weighted by molar-refractivity contribution is 5.87. The van der Waals surface area contributed by atoms with Gasteiger partial charge in [0.2, 0.25) is 0 Å². The van der Waals surface area contributed by atoms with Crippen LogP contribution in [0, 0.1) is 0 Å². The van der Waals surface area contributed by atoms with E-state index in [0.29, 0.717) is 0 Å². The van der Waals surface area contributed by atoms with Gasteiger partial charge in [0.25, 0.3) is 0 Å². The largest absolute Gasteiger partial charge is 0.455 e. The van der Waals surface area contributed by atoms with Gasteiger partial charge in [-0.1, -0.05) is 55.1 Å². The van der Waals surface area contributed by atoms with E-state index < -0.39 is 60.1 Å². The second-order valence-corrected chi connectivity index (χ2v) is 9.60. The topological polar surface area (TPSA) is 89.5 Å². The highest BCUT2D eigenvalue weighted by Crippen LogP contribution is 2.46. The molecular formula is C27H32O8. The first-order valence-electron chi connectivity index (χ1n) is 11.7. The van der Waals surface area contributed by atoms with Gasteiger partial charge < -0.3 is 28.4 Å². The van der Waals surface area contributed by atoms with Crippen molar-refractivity contribution < 1.29 is 38.0 Å². The van der Waals surface area contributed by atoms with Gasteiger partial charge >= 0.3 is 11.9 Å². The highest BCUT2D eigenvalue weighted by atomic mass is 16.8. The monoisotopic (exact) mass is 484 g/mol. The van der Waals surface area contributed by atoms with E-state index in [1.165, 1.54) is 6.08 Å². The van der Waals surface area contributed by atoms with E-state index in [4.69, 9.17) is 28.4 Å². The van der Waals surface area contributed by atoms with E-state index in [9.17, 15) is 9.59 Å². The molecule has 8 nitrogen and oxygen atoms in total. The Hall–Kier alpha value is -2.78. The van der Waals surface area contributed by atoms with Crippen LogP contribution in [0.25, 0.3) is 6.08 Å². The maximum Gasteiger partial charge on any atom is 0.331 e. The molecule has 0 aromatic heterocycles. The fourth-order valence-electron chi connectivity index (χ4n) is 4.66. The van der Waals surface area contributed by atoms with Crippen molar-refractivity contribution in [2.24, 2.45) is 0 Å². The number of benzene rings is 1. The van der Waals surface area contributed by atoms with Crippen LogP contribution >= 0.6 is 0 Å². The van der Waals surface area contributed by atoms with Gasteiger partial charge in [0, 0.05) is 6.08 Å². The fraction of sp³-hybridized carbons (Fsp3) is 0.481. The lowest BCUT2D eigenvalue weighted by Crippen LogP contribution is -2.63. The molecule has 188 valence electrons. The van der Waals surface area contributed by atoms with Gasteiger partial charge in [0.1, 0.15) is 24.4 Å². The smallest absolute Gasteiger partial charge is 0.331 e. The quantitative estimate of drug-likeness (QED) is 0.329. The summed E-state index contributed by atoms with van der Waals surface area (Å²) in [7, 11) is 0. The molecule has 0 spiro atoms. The van der Waals surface area contributed by atoms with Gasteiger partial charge in [-0.3, -0.25) is 4.79 Å². The van der Waals surface area contributed by atoms with E-state index in [-0.39, 0.29) is 6.42 Å². The normalized spacial score (nSPS) is 32.8. The van der Waals surface area contributed by atoms with Crippen molar-refractivity contribution in [1.29, 1.82) is 0 Å². The standard InChI is InChI=1S/C27H32O8/c1-6-7-9-14-18(28)30-20-21(31-19(29)16-15-17-12-10-8-11-13-17)23-25(35-27(4,5)33-23)24-22(20)32-26(2,3)34-24/h6-13,15-16,20-25H,1,14H2,2-5H3/b9-7+,16-15+/t20-,21-,22+,23+,24+,25+/m0/s1. The number of rotatable bonds is 7. The summed E-state index contributed by atoms with van der Waals surface area (Å²) in [6.07, 6.45) is 3.34. The molecule has 8 heteroatoms. The molecule has 2 saturated heterocycles. The molecule has 6 atom stereocenters. The van der Waals surface area contributed by atoms with Gasteiger partial charge in [-0.15, -0.1) is 0 Å². The Morgan fingerprint density at radius 3 is 2.00 bits per heavy atom. The van der Waals surface area contributed by atoms with Crippen molar-refractivity contribution in [3.63, 3.8) is 0 Å². The molecule has 3 fully saturated rings. The zero-order valence-electron chi connectivity index (χ0n) is 20.4. The van der Waals surface area contributed by atoms with Crippen LogP contribution in [0.5, 0.6) is 0 Å². The number of esters is 2. The SMILES string of the molecule is C=C/C=C/CC(=O)O[C@H]1[C@H](OC(=O)/C=C/c2ccccc2)[C@H]2OC(C)(C)O[C@H]2[C@@H]2OC(C)(C)O[C@H]12. The predicted octanol–water partition coefficient (Wildman–Crippen LogP) is 3.71.